The van der Waals surface area contributed by atoms with Crippen molar-refractivity contribution in [2.45, 2.75) is 25.3 Å². The molecular formula is C21H26N8O. The molecule has 1 amide bonds. The van der Waals surface area contributed by atoms with E-state index in [1.807, 2.05) is 33.7 Å². The van der Waals surface area contributed by atoms with E-state index in [-0.39, 0.29) is 11.9 Å². The van der Waals surface area contributed by atoms with E-state index >= 15 is 0 Å². The van der Waals surface area contributed by atoms with E-state index in [2.05, 4.69) is 37.0 Å². The molecule has 3 aromatic rings. The van der Waals surface area contributed by atoms with Gasteiger partial charge in [0.1, 0.15) is 0 Å². The third kappa shape index (κ3) is 3.49. The third-order valence-electron chi connectivity index (χ3n) is 6.10. The SMILES string of the molecule is CN1CCN(c2ncccn2)C[C@@H]1c1nnc2ccc(C(=O)N3CCCCC3)cn12. The first kappa shape index (κ1) is 18.9. The van der Waals surface area contributed by atoms with E-state index in [4.69, 9.17) is 0 Å². The van der Waals surface area contributed by atoms with Gasteiger partial charge in [-0.3, -0.25) is 14.1 Å². The van der Waals surface area contributed by atoms with E-state index in [0.717, 1.165) is 56.4 Å². The number of likely N-dealkylation sites (tertiary alicyclic amines) is 1. The molecule has 9 heteroatoms. The summed E-state index contributed by atoms with van der Waals surface area (Å²) in [6.45, 7) is 4.11. The molecule has 5 heterocycles. The topological polar surface area (TPSA) is 82.8 Å². The van der Waals surface area contributed by atoms with Crippen LogP contribution in [0.3, 0.4) is 0 Å². The van der Waals surface area contributed by atoms with Crippen LogP contribution < -0.4 is 4.90 Å². The predicted molar refractivity (Wildman–Crippen MR) is 112 cm³/mol. The fraction of sp³-hybridized carbons (Fsp3) is 0.476. The zero-order chi connectivity index (χ0) is 20.5. The van der Waals surface area contributed by atoms with Crippen LogP contribution in [-0.4, -0.2) is 80.0 Å². The summed E-state index contributed by atoms with van der Waals surface area (Å²) < 4.78 is 1.97. The lowest BCUT2D eigenvalue weighted by Gasteiger charge is -2.38. The summed E-state index contributed by atoms with van der Waals surface area (Å²) in [4.78, 5) is 28.2. The van der Waals surface area contributed by atoms with Gasteiger partial charge in [0, 0.05) is 51.3 Å². The van der Waals surface area contributed by atoms with Crippen LogP contribution in [-0.2, 0) is 0 Å². The molecule has 30 heavy (non-hydrogen) atoms. The van der Waals surface area contributed by atoms with Crippen LogP contribution in [0.2, 0.25) is 0 Å². The Morgan fingerprint density at radius 3 is 2.60 bits per heavy atom. The number of aromatic nitrogens is 5. The standard InChI is InChI=1S/C21H26N8O/c1-26-12-13-28(21-22-8-5-9-23-21)15-17(26)19-25-24-18-7-6-16(14-29(18)19)20(30)27-10-3-2-4-11-27/h5-9,14,17H,2-4,10-13,15H2,1H3/t17-/m1/s1. The number of hydrogen-bond donors (Lipinski definition) is 0. The van der Waals surface area contributed by atoms with Crippen LogP contribution >= 0.6 is 0 Å². The number of anilines is 1. The average Bonchev–Trinajstić information content (AvgIpc) is 3.23. The van der Waals surface area contributed by atoms with Gasteiger partial charge in [-0.05, 0) is 44.5 Å². The Balaban J connectivity index is 1.45. The maximum atomic E-state index is 13.0. The zero-order valence-corrected chi connectivity index (χ0v) is 17.2. The highest BCUT2D eigenvalue weighted by molar-refractivity contribution is 5.94. The van der Waals surface area contributed by atoms with E-state index in [1.54, 1.807) is 12.4 Å². The van der Waals surface area contributed by atoms with Gasteiger partial charge in [-0.15, -0.1) is 10.2 Å². The average molecular weight is 406 g/mol. The molecule has 0 radical (unpaired) electrons. The van der Waals surface area contributed by atoms with Gasteiger partial charge in [0.25, 0.3) is 5.91 Å². The highest BCUT2D eigenvalue weighted by Gasteiger charge is 2.31. The molecule has 0 unspecified atom stereocenters. The van der Waals surface area contributed by atoms with Crippen LogP contribution in [0.15, 0.2) is 36.8 Å². The molecule has 0 aliphatic carbocycles. The number of fused-ring (bicyclic) bond motifs is 1. The van der Waals surface area contributed by atoms with Crippen LogP contribution in [0, 0.1) is 0 Å². The lowest BCUT2D eigenvalue weighted by molar-refractivity contribution is 0.0723. The fourth-order valence-corrected chi connectivity index (χ4v) is 4.33. The Bertz CT molecular complexity index is 1030. The Hall–Kier alpha value is -3.07. The number of nitrogens with zero attached hydrogens (tertiary/aromatic N) is 8. The maximum Gasteiger partial charge on any atom is 0.255 e. The molecule has 0 saturated carbocycles. The molecule has 3 aromatic heterocycles. The number of piperidine rings is 1. The fourth-order valence-electron chi connectivity index (χ4n) is 4.33. The van der Waals surface area contributed by atoms with Crippen molar-refractivity contribution in [2.75, 3.05) is 44.7 Å². The highest BCUT2D eigenvalue weighted by Crippen LogP contribution is 2.25. The van der Waals surface area contributed by atoms with E-state index in [0.29, 0.717) is 12.1 Å². The summed E-state index contributed by atoms with van der Waals surface area (Å²) in [5.74, 6) is 1.65. The third-order valence-corrected chi connectivity index (χ3v) is 6.10. The summed E-state index contributed by atoms with van der Waals surface area (Å²) in [7, 11) is 2.09. The first-order chi connectivity index (χ1) is 14.7. The predicted octanol–water partition coefficient (Wildman–Crippen LogP) is 1.64. The molecule has 2 saturated heterocycles. The number of hydrogen-bond acceptors (Lipinski definition) is 7. The van der Waals surface area contributed by atoms with Gasteiger partial charge in [0.05, 0.1) is 11.6 Å². The quantitative estimate of drug-likeness (QED) is 0.654. The van der Waals surface area contributed by atoms with Crippen molar-refractivity contribution in [3.63, 3.8) is 0 Å². The molecule has 0 aromatic carbocycles. The van der Waals surface area contributed by atoms with Crippen LogP contribution in [0.4, 0.5) is 5.95 Å². The van der Waals surface area contributed by atoms with Gasteiger partial charge >= 0.3 is 0 Å². The van der Waals surface area contributed by atoms with Crippen molar-refractivity contribution in [1.82, 2.24) is 34.4 Å². The van der Waals surface area contributed by atoms with Gasteiger partial charge < -0.3 is 9.80 Å². The molecule has 0 N–H and O–H groups in total. The highest BCUT2D eigenvalue weighted by atomic mass is 16.2. The van der Waals surface area contributed by atoms with Crippen LogP contribution in [0.5, 0.6) is 0 Å². The van der Waals surface area contributed by atoms with E-state index in [1.165, 1.54) is 6.42 Å². The first-order valence-corrected chi connectivity index (χ1v) is 10.6. The number of piperazine rings is 1. The zero-order valence-electron chi connectivity index (χ0n) is 17.2. The minimum Gasteiger partial charge on any atom is -0.339 e. The Labute approximate surface area is 175 Å². The maximum absolute atomic E-state index is 13.0. The lowest BCUT2D eigenvalue weighted by atomic mass is 10.1. The smallest absolute Gasteiger partial charge is 0.255 e. The van der Waals surface area contributed by atoms with Gasteiger partial charge in [-0.1, -0.05) is 0 Å². The van der Waals surface area contributed by atoms with Crippen LogP contribution in [0.25, 0.3) is 5.65 Å². The summed E-state index contributed by atoms with van der Waals surface area (Å²) >= 11 is 0. The van der Waals surface area contributed by atoms with Gasteiger partial charge in [-0.25, -0.2) is 9.97 Å². The molecule has 1 atom stereocenters. The first-order valence-electron chi connectivity index (χ1n) is 10.6. The van der Waals surface area contributed by atoms with Crippen molar-refractivity contribution < 1.29 is 4.79 Å². The Kier molecular flexibility index (Phi) is 5.04. The minimum absolute atomic E-state index is 0.0258. The molecule has 5 rings (SSSR count). The Morgan fingerprint density at radius 1 is 1.00 bits per heavy atom. The van der Waals surface area contributed by atoms with Gasteiger partial charge in [-0.2, -0.15) is 0 Å². The number of pyridine rings is 1. The largest absolute Gasteiger partial charge is 0.339 e. The van der Waals surface area contributed by atoms with Crippen molar-refractivity contribution in [2.24, 2.45) is 0 Å². The summed E-state index contributed by atoms with van der Waals surface area (Å²) in [5, 5.41) is 8.84. The number of rotatable bonds is 3. The molecule has 9 nitrogen and oxygen atoms in total. The van der Waals surface area contributed by atoms with Gasteiger partial charge in [0.2, 0.25) is 5.95 Å². The van der Waals surface area contributed by atoms with E-state index in [9.17, 15) is 4.79 Å². The van der Waals surface area contributed by atoms with Crippen molar-refractivity contribution >= 4 is 17.5 Å². The van der Waals surface area contributed by atoms with E-state index < -0.39 is 0 Å². The summed E-state index contributed by atoms with van der Waals surface area (Å²) in [6, 6.07) is 5.59. The van der Waals surface area contributed by atoms with Crippen molar-refractivity contribution in [1.29, 1.82) is 0 Å². The van der Waals surface area contributed by atoms with Gasteiger partial charge in [0.15, 0.2) is 11.5 Å². The second-order valence-electron chi connectivity index (χ2n) is 8.05. The normalized spacial score (nSPS) is 20.6. The number of amides is 1. The molecule has 2 aliphatic rings. The van der Waals surface area contributed by atoms with Crippen molar-refractivity contribution in [3.8, 4) is 0 Å². The molecule has 2 aliphatic heterocycles. The molecular weight excluding hydrogens is 380 g/mol. The molecule has 0 bridgehead atoms. The number of carbonyl (C=O) groups is 1. The second-order valence-corrected chi connectivity index (χ2v) is 8.05. The number of likely N-dealkylation sites (N-methyl/N-ethyl adjacent to an activating group) is 1. The molecule has 156 valence electrons. The molecule has 2 fully saturated rings. The second kappa shape index (κ2) is 7.98. The van der Waals surface area contributed by atoms with Crippen molar-refractivity contribution in [3.05, 3.63) is 48.2 Å². The molecule has 0 spiro atoms. The lowest BCUT2D eigenvalue weighted by Crippen LogP contribution is -2.48. The number of carbonyl (C=O) groups excluding carboxylic acids is 1. The van der Waals surface area contributed by atoms with Crippen LogP contribution in [0.1, 0.15) is 41.5 Å². The summed E-state index contributed by atoms with van der Waals surface area (Å²) in [5.41, 5.74) is 1.44. The summed E-state index contributed by atoms with van der Waals surface area (Å²) in [6.07, 6.45) is 8.79. The Morgan fingerprint density at radius 2 is 1.80 bits per heavy atom. The monoisotopic (exact) mass is 406 g/mol. The minimum atomic E-state index is 0.0258.